The van der Waals surface area contributed by atoms with Crippen molar-refractivity contribution in [3.63, 3.8) is 0 Å². The number of hydrogen-bond acceptors (Lipinski definition) is 7. The van der Waals surface area contributed by atoms with Crippen molar-refractivity contribution >= 4 is 27.0 Å². The lowest BCUT2D eigenvalue weighted by Gasteiger charge is -2.22. The summed E-state index contributed by atoms with van der Waals surface area (Å²) in [4.78, 5) is 12.2. The molecule has 0 unspecified atom stereocenters. The lowest BCUT2D eigenvalue weighted by atomic mass is 10.1. The largest absolute Gasteiger partial charge is 0.460 e. The number of rotatable bonds is 5. The van der Waals surface area contributed by atoms with Crippen molar-refractivity contribution in [1.82, 2.24) is 9.46 Å². The molecule has 2 aromatic heterocycles. The molecule has 29 heavy (non-hydrogen) atoms. The van der Waals surface area contributed by atoms with E-state index in [1.165, 1.54) is 10.4 Å². The van der Waals surface area contributed by atoms with Crippen LogP contribution in [0.15, 0.2) is 38.1 Å². The molecule has 154 valence electrons. The fourth-order valence-corrected chi connectivity index (χ4v) is 5.45. The van der Waals surface area contributed by atoms with E-state index in [1.807, 2.05) is 0 Å². The van der Waals surface area contributed by atoms with Crippen molar-refractivity contribution in [3.8, 4) is 0 Å². The Morgan fingerprint density at radius 2 is 2.10 bits per heavy atom. The molecule has 0 saturated carbocycles. The molecule has 1 saturated heterocycles. The van der Waals surface area contributed by atoms with E-state index in [-0.39, 0.29) is 23.3 Å². The molecule has 1 aromatic carbocycles. The summed E-state index contributed by atoms with van der Waals surface area (Å²) in [6.07, 6.45) is 1.43. The first kappa shape index (κ1) is 19.7. The molecule has 8 nitrogen and oxygen atoms in total. The van der Waals surface area contributed by atoms with Crippen LogP contribution in [0.2, 0.25) is 0 Å². The summed E-state index contributed by atoms with van der Waals surface area (Å²) < 4.78 is 43.9. The van der Waals surface area contributed by atoms with Gasteiger partial charge >= 0.3 is 5.97 Å². The van der Waals surface area contributed by atoms with E-state index in [2.05, 4.69) is 5.16 Å². The highest BCUT2D eigenvalue weighted by molar-refractivity contribution is 7.89. The number of sulfonamides is 1. The maximum atomic E-state index is 13.4. The molecule has 0 radical (unpaired) electrons. The number of furan rings is 1. The van der Waals surface area contributed by atoms with E-state index >= 15 is 0 Å². The zero-order valence-electron chi connectivity index (χ0n) is 16.5. The first-order valence-corrected chi connectivity index (χ1v) is 10.9. The van der Waals surface area contributed by atoms with Gasteiger partial charge in [0, 0.05) is 23.6 Å². The Morgan fingerprint density at radius 3 is 2.79 bits per heavy atom. The number of aromatic nitrogens is 1. The second-order valence-electron chi connectivity index (χ2n) is 7.07. The number of aryl methyl sites for hydroxylation is 2. The van der Waals surface area contributed by atoms with Gasteiger partial charge in [-0.05, 0) is 51.8 Å². The Hall–Kier alpha value is -2.65. The van der Waals surface area contributed by atoms with Gasteiger partial charge in [-0.3, -0.25) is 0 Å². The van der Waals surface area contributed by atoms with Crippen LogP contribution in [-0.4, -0.2) is 37.0 Å². The third-order valence-electron chi connectivity index (χ3n) is 5.17. The summed E-state index contributed by atoms with van der Waals surface area (Å²) in [5, 5.41) is 4.58. The fourth-order valence-electron chi connectivity index (χ4n) is 3.75. The topological polar surface area (TPSA) is 103 Å². The van der Waals surface area contributed by atoms with Crippen molar-refractivity contribution in [2.45, 2.75) is 44.6 Å². The molecule has 4 rings (SSSR count). The Morgan fingerprint density at radius 1 is 1.31 bits per heavy atom. The second kappa shape index (κ2) is 7.31. The predicted molar refractivity (Wildman–Crippen MR) is 104 cm³/mol. The van der Waals surface area contributed by atoms with Crippen LogP contribution in [0.4, 0.5) is 0 Å². The van der Waals surface area contributed by atoms with Crippen molar-refractivity contribution in [1.29, 1.82) is 0 Å². The Labute approximate surface area is 168 Å². The van der Waals surface area contributed by atoms with Gasteiger partial charge in [0.1, 0.15) is 17.0 Å². The zero-order valence-corrected chi connectivity index (χ0v) is 17.3. The third kappa shape index (κ3) is 3.34. The van der Waals surface area contributed by atoms with Gasteiger partial charge in [-0.1, -0.05) is 5.16 Å². The van der Waals surface area contributed by atoms with Crippen LogP contribution in [0.25, 0.3) is 11.0 Å². The van der Waals surface area contributed by atoms with Gasteiger partial charge in [-0.15, -0.1) is 0 Å². The van der Waals surface area contributed by atoms with Crippen LogP contribution < -0.4 is 0 Å². The molecule has 9 heteroatoms. The summed E-state index contributed by atoms with van der Waals surface area (Å²) in [6, 6.07) is 6.04. The normalized spacial score (nSPS) is 17.8. The van der Waals surface area contributed by atoms with Crippen molar-refractivity contribution in [3.05, 3.63) is 47.0 Å². The Bertz CT molecular complexity index is 1180. The minimum absolute atomic E-state index is 0.0912. The van der Waals surface area contributed by atoms with Crippen LogP contribution in [-0.2, 0) is 14.8 Å². The first-order valence-electron chi connectivity index (χ1n) is 9.48. The number of benzene rings is 1. The lowest BCUT2D eigenvalue weighted by molar-refractivity contribution is 0.0491. The maximum Gasteiger partial charge on any atom is 0.374 e. The van der Waals surface area contributed by atoms with Gasteiger partial charge < -0.3 is 13.7 Å². The molecule has 1 aliphatic rings. The number of nitrogens with zero attached hydrogens (tertiary/aromatic N) is 2. The highest BCUT2D eigenvalue weighted by Crippen LogP contribution is 2.37. The molecule has 1 fully saturated rings. The van der Waals surface area contributed by atoms with Crippen molar-refractivity contribution < 1.29 is 26.9 Å². The van der Waals surface area contributed by atoms with Crippen molar-refractivity contribution in [2.75, 3.05) is 13.2 Å². The second-order valence-corrected chi connectivity index (χ2v) is 8.96. The van der Waals surface area contributed by atoms with Crippen LogP contribution >= 0.6 is 0 Å². The quantitative estimate of drug-likeness (QED) is 0.582. The molecule has 0 spiro atoms. The molecule has 1 aliphatic heterocycles. The average molecular weight is 418 g/mol. The zero-order chi connectivity index (χ0) is 20.8. The molecule has 0 amide bonds. The van der Waals surface area contributed by atoms with E-state index in [4.69, 9.17) is 13.7 Å². The van der Waals surface area contributed by atoms with Crippen molar-refractivity contribution in [2.24, 2.45) is 0 Å². The Balaban J connectivity index is 1.73. The number of carbonyl (C=O) groups is 1. The highest BCUT2D eigenvalue weighted by atomic mass is 32.2. The monoisotopic (exact) mass is 418 g/mol. The SMILES string of the molecule is CCOC(=O)c1oc2ccc(S(=O)(=O)N3CCC[C@@H]3c3cc(C)on3)cc2c1C. The fraction of sp³-hybridized carbons (Fsp3) is 0.400. The molecule has 3 aromatic rings. The predicted octanol–water partition coefficient (Wildman–Crippen LogP) is 3.74. The standard InChI is InChI=1S/C20H22N2O6S/c1-4-26-20(23)19-13(3)15-11-14(7-8-18(15)27-19)29(24,25)22-9-5-6-17(22)16-10-12(2)28-21-16/h7-8,10-11,17H,4-6,9H2,1-3H3/t17-/m1/s1. The number of fused-ring (bicyclic) bond motifs is 1. The number of esters is 1. The smallest absolute Gasteiger partial charge is 0.374 e. The van der Waals surface area contributed by atoms with E-state index in [1.54, 1.807) is 39.0 Å². The van der Waals surface area contributed by atoms with E-state index in [0.717, 1.165) is 6.42 Å². The van der Waals surface area contributed by atoms with Crippen LogP contribution in [0.3, 0.4) is 0 Å². The molecule has 0 aliphatic carbocycles. The van der Waals surface area contributed by atoms with Gasteiger partial charge in [0.2, 0.25) is 15.8 Å². The van der Waals surface area contributed by atoms with Crippen LogP contribution in [0.5, 0.6) is 0 Å². The highest BCUT2D eigenvalue weighted by Gasteiger charge is 2.38. The maximum absolute atomic E-state index is 13.4. The third-order valence-corrected chi connectivity index (χ3v) is 7.07. The van der Waals surface area contributed by atoms with Gasteiger partial charge in [0.25, 0.3) is 0 Å². The molecule has 3 heterocycles. The summed E-state index contributed by atoms with van der Waals surface area (Å²) >= 11 is 0. The van der Waals surface area contributed by atoms with Gasteiger partial charge in [0.05, 0.1) is 17.5 Å². The van der Waals surface area contributed by atoms with Crippen LogP contribution in [0, 0.1) is 13.8 Å². The summed E-state index contributed by atoms with van der Waals surface area (Å²) in [5.41, 5.74) is 1.61. The van der Waals surface area contributed by atoms with Gasteiger partial charge in [0.15, 0.2) is 0 Å². The minimum atomic E-state index is -3.76. The minimum Gasteiger partial charge on any atom is -0.460 e. The van der Waals surface area contributed by atoms with E-state index in [9.17, 15) is 13.2 Å². The summed E-state index contributed by atoms with van der Waals surface area (Å²) in [6.45, 7) is 5.85. The molecular formula is C20H22N2O6S. The van der Waals surface area contributed by atoms with Crippen LogP contribution in [0.1, 0.15) is 53.4 Å². The Kier molecular flexibility index (Phi) is 4.95. The molecular weight excluding hydrogens is 396 g/mol. The summed E-state index contributed by atoms with van der Waals surface area (Å²) in [7, 11) is -3.76. The van der Waals surface area contributed by atoms with E-state index in [0.29, 0.717) is 41.0 Å². The first-order chi connectivity index (χ1) is 13.8. The number of carbonyl (C=O) groups excluding carboxylic acids is 1. The molecule has 0 bridgehead atoms. The summed E-state index contributed by atoms with van der Waals surface area (Å²) in [5.74, 6) is 0.173. The number of ether oxygens (including phenoxy) is 1. The van der Waals surface area contributed by atoms with Gasteiger partial charge in [-0.25, -0.2) is 13.2 Å². The lowest BCUT2D eigenvalue weighted by Crippen LogP contribution is -2.30. The average Bonchev–Trinajstić information content (AvgIpc) is 3.40. The molecule has 0 N–H and O–H groups in total. The van der Waals surface area contributed by atoms with Gasteiger partial charge in [-0.2, -0.15) is 4.31 Å². The number of hydrogen-bond donors (Lipinski definition) is 0. The molecule has 1 atom stereocenters. The van der Waals surface area contributed by atoms with E-state index < -0.39 is 16.0 Å².